The zero-order valence-corrected chi connectivity index (χ0v) is 14.8. The number of amides is 1. The van der Waals surface area contributed by atoms with Crippen LogP contribution in [0.5, 0.6) is 0 Å². The molecule has 1 N–H and O–H groups in total. The largest absolute Gasteiger partial charge is 0.450 e. The highest BCUT2D eigenvalue weighted by molar-refractivity contribution is 5.80. The quantitative estimate of drug-likeness (QED) is 0.579. The number of rotatable bonds is 6. The molecule has 0 radical (unpaired) electrons. The minimum atomic E-state index is -0.210. The summed E-state index contributed by atoms with van der Waals surface area (Å²) in [5, 5.41) is 3.46. The number of likely N-dealkylation sites (N-methyl/N-ethyl adjacent to an activating group) is 1. The van der Waals surface area contributed by atoms with Gasteiger partial charge in [0.25, 0.3) is 0 Å². The first-order valence-electron chi connectivity index (χ1n) is 8.80. The van der Waals surface area contributed by atoms with Crippen molar-refractivity contribution in [3.63, 3.8) is 0 Å². The van der Waals surface area contributed by atoms with Gasteiger partial charge >= 0.3 is 6.09 Å². The van der Waals surface area contributed by atoms with Gasteiger partial charge in [-0.1, -0.05) is 6.92 Å². The van der Waals surface area contributed by atoms with Crippen LogP contribution in [0.3, 0.4) is 0 Å². The fourth-order valence-corrected chi connectivity index (χ4v) is 3.00. The van der Waals surface area contributed by atoms with E-state index in [9.17, 15) is 4.79 Å². The molecule has 1 saturated carbocycles. The van der Waals surface area contributed by atoms with E-state index in [2.05, 4.69) is 27.0 Å². The Morgan fingerprint density at radius 3 is 2.39 bits per heavy atom. The lowest BCUT2D eigenvalue weighted by Gasteiger charge is -2.36. The molecule has 1 aliphatic carbocycles. The highest BCUT2D eigenvalue weighted by atomic mass is 16.6. The smallest absolute Gasteiger partial charge is 0.409 e. The van der Waals surface area contributed by atoms with Crippen molar-refractivity contribution in [2.24, 2.45) is 4.99 Å². The van der Waals surface area contributed by atoms with Crippen molar-refractivity contribution in [1.29, 1.82) is 0 Å². The standard InChI is InChI=1S/C16H31N5O2/c1-4-19(14-6-7-14)9-8-18-15(17-3)20-10-12-21(13-11-20)16(22)23-5-2/h14H,4-13H2,1-3H3,(H,17,18). The number of nitrogens with zero attached hydrogens (tertiary/aromatic N) is 4. The van der Waals surface area contributed by atoms with E-state index in [4.69, 9.17) is 4.74 Å². The second kappa shape index (κ2) is 8.96. The number of hydrogen-bond donors (Lipinski definition) is 1. The van der Waals surface area contributed by atoms with Gasteiger partial charge in [-0.25, -0.2) is 4.79 Å². The second-order valence-corrected chi connectivity index (χ2v) is 6.01. The van der Waals surface area contributed by atoms with Crippen LogP contribution in [0.2, 0.25) is 0 Å². The number of carbonyl (C=O) groups excluding carboxylic acids is 1. The molecule has 2 fully saturated rings. The summed E-state index contributed by atoms with van der Waals surface area (Å²) in [7, 11) is 1.82. The summed E-state index contributed by atoms with van der Waals surface area (Å²) in [5.74, 6) is 0.931. The van der Waals surface area contributed by atoms with Gasteiger partial charge < -0.3 is 19.9 Å². The SMILES string of the molecule is CCOC(=O)N1CCN(C(=NC)NCCN(CC)C2CC2)CC1. The van der Waals surface area contributed by atoms with Gasteiger partial charge in [-0.15, -0.1) is 0 Å². The molecule has 0 bridgehead atoms. The summed E-state index contributed by atoms with van der Waals surface area (Å²) in [6.07, 6.45) is 2.48. The van der Waals surface area contributed by atoms with E-state index in [0.29, 0.717) is 19.7 Å². The minimum absolute atomic E-state index is 0.210. The van der Waals surface area contributed by atoms with E-state index in [-0.39, 0.29) is 6.09 Å². The summed E-state index contributed by atoms with van der Waals surface area (Å²) >= 11 is 0. The average molecular weight is 325 g/mol. The Labute approximate surface area is 139 Å². The number of guanidine groups is 1. The molecule has 132 valence electrons. The van der Waals surface area contributed by atoms with Crippen LogP contribution in [0.4, 0.5) is 4.79 Å². The van der Waals surface area contributed by atoms with Gasteiger partial charge in [-0.2, -0.15) is 0 Å². The van der Waals surface area contributed by atoms with Crippen LogP contribution in [0, 0.1) is 0 Å². The lowest BCUT2D eigenvalue weighted by molar-refractivity contribution is 0.0914. The molecule has 0 spiro atoms. The lowest BCUT2D eigenvalue weighted by Crippen LogP contribution is -2.54. The molecule has 0 aromatic carbocycles. The third kappa shape index (κ3) is 5.27. The molecule has 0 aromatic rings. The van der Waals surface area contributed by atoms with Gasteiger partial charge in [-0.3, -0.25) is 9.89 Å². The Morgan fingerprint density at radius 1 is 1.22 bits per heavy atom. The first kappa shape index (κ1) is 17.8. The normalized spacial score (nSPS) is 19.2. The zero-order chi connectivity index (χ0) is 16.7. The molecular weight excluding hydrogens is 294 g/mol. The number of carbonyl (C=O) groups is 1. The van der Waals surface area contributed by atoms with E-state index < -0.39 is 0 Å². The third-order valence-electron chi connectivity index (χ3n) is 4.47. The van der Waals surface area contributed by atoms with Crippen LogP contribution >= 0.6 is 0 Å². The molecule has 1 heterocycles. The van der Waals surface area contributed by atoms with Crippen LogP contribution in [-0.2, 0) is 4.74 Å². The summed E-state index contributed by atoms with van der Waals surface area (Å²) in [6, 6.07) is 0.803. The maximum atomic E-state index is 11.7. The molecule has 23 heavy (non-hydrogen) atoms. The monoisotopic (exact) mass is 325 g/mol. The number of aliphatic imine (C=N–C) groups is 1. The first-order valence-corrected chi connectivity index (χ1v) is 8.80. The van der Waals surface area contributed by atoms with Crippen LogP contribution in [-0.4, -0.2) is 92.3 Å². The Morgan fingerprint density at radius 2 is 1.87 bits per heavy atom. The average Bonchev–Trinajstić information content (AvgIpc) is 3.40. The molecule has 7 nitrogen and oxygen atoms in total. The summed E-state index contributed by atoms with van der Waals surface area (Å²) in [4.78, 5) is 22.6. The van der Waals surface area contributed by atoms with Crippen molar-refractivity contribution < 1.29 is 9.53 Å². The van der Waals surface area contributed by atoms with Crippen LogP contribution < -0.4 is 5.32 Å². The predicted octanol–water partition coefficient (Wildman–Crippen LogP) is 0.820. The van der Waals surface area contributed by atoms with E-state index >= 15 is 0 Å². The Bertz CT molecular complexity index is 403. The Kier molecular flexibility index (Phi) is 6.95. The molecule has 0 atom stereocenters. The van der Waals surface area contributed by atoms with E-state index in [1.54, 1.807) is 4.90 Å². The van der Waals surface area contributed by atoms with Crippen LogP contribution in [0.25, 0.3) is 0 Å². The Balaban J connectivity index is 1.71. The fourth-order valence-electron chi connectivity index (χ4n) is 3.00. The Hall–Kier alpha value is -1.50. The molecule has 1 aliphatic heterocycles. The molecular formula is C16H31N5O2. The number of hydrogen-bond acceptors (Lipinski definition) is 4. The van der Waals surface area contributed by atoms with Gasteiger partial charge in [0.15, 0.2) is 5.96 Å². The van der Waals surface area contributed by atoms with Crippen molar-refractivity contribution in [2.45, 2.75) is 32.7 Å². The second-order valence-electron chi connectivity index (χ2n) is 6.01. The van der Waals surface area contributed by atoms with Gasteiger partial charge in [0.05, 0.1) is 6.61 Å². The zero-order valence-electron chi connectivity index (χ0n) is 14.8. The van der Waals surface area contributed by atoms with Crippen molar-refractivity contribution in [3.05, 3.63) is 0 Å². The molecule has 1 amide bonds. The van der Waals surface area contributed by atoms with Gasteiger partial charge in [0, 0.05) is 52.4 Å². The third-order valence-corrected chi connectivity index (χ3v) is 4.47. The lowest BCUT2D eigenvalue weighted by atomic mass is 10.3. The summed E-state index contributed by atoms with van der Waals surface area (Å²) < 4.78 is 5.05. The van der Waals surface area contributed by atoms with E-state index in [0.717, 1.165) is 44.7 Å². The topological polar surface area (TPSA) is 60.4 Å². The van der Waals surface area contributed by atoms with Crippen molar-refractivity contribution in [2.75, 3.05) is 59.5 Å². The molecule has 7 heteroatoms. The molecule has 2 rings (SSSR count). The minimum Gasteiger partial charge on any atom is -0.450 e. The van der Waals surface area contributed by atoms with E-state index in [1.807, 2.05) is 14.0 Å². The fraction of sp³-hybridized carbons (Fsp3) is 0.875. The number of piperazine rings is 1. The molecule has 0 unspecified atom stereocenters. The molecule has 2 aliphatic rings. The van der Waals surface area contributed by atoms with Crippen LogP contribution in [0.1, 0.15) is 26.7 Å². The highest BCUT2D eigenvalue weighted by Crippen LogP contribution is 2.25. The maximum Gasteiger partial charge on any atom is 0.409 e. The van der Waals surface area contributed by atoms with E-state index in [1.165, 1.54) is 12.8 Å². The number of ether oxygens (including phenoxy) is 1. The molecule has 0 aromatic heterocycles. The summed E-state index contributed by atoms with van der Waals surface area (Å²) in [5.41, 5.74) is 0. The van der Waals surface area contributed by atoms with Crippen molar-refractivity contribution in [3.8, 4) is 0 Å². The van der Waals surface area contributed by atoms with Crippen molar-refractivity contribution >= 4 is 12.1 Å². The van der Waals surface area contributed by atoms with Gasteiger partial charge in [-0.05, 0) is 26.3 Å². The van der Waals surface area contributed by atoms with Crippen LogP contribution in [0.15, 0.2) is 4.99 Å². The van der Waals surface area contributed by atoms with Gasteiger partial charge in [0.2, 0.25) is 0 Å². The highest BCUT2D eigenvalue weighted by Gasteiger charge is 2.27. The predicted molar refractivity (Wildman–Crippen MR) is 91.8 cm³/mol. The molecule has 1 saturated heterocycles. The van der Waals surface area contributed by atoms with Crippen molar-refractivity contribution in [1.82, 2.24) is 20.0 Å². The summed E-state index contributed by atoms with van der Waals surface area (Å²) in [6.45, 7) is 10.5. The maximum absolute atomic E-state index is 11.7. The van der Waals surface area contributed by atoms with Gasteiger partial charge in [0.1, 0.15) is 0 Å². The number of nitrogens with one attached hydrogen (secondary N) is 1. The first-order chi connectivity index (χ1) is 11.2.